The van der Waals surface area contributed by atoms with Crippen molar-refractivity contribution in [1.82, 2.24) is 5.32 Å². The maximum absolute atomic E-state index is 9.56. The highest BCUT2D eigenvalue weighted by Crippen LogP contribution is 2.19. The first-order chi connectivity index (χ1) is 10.3. The Hall–Kier alpha value is -2.35. The molecule has 2 rings (SSSR count). The first-order valence-corrected chi connectivity index (χ1v) is 6.74. The maximum atomic E-state index is 9.56. The van der Waals surface area contributed by atoms with Crippen LogP contribution in [0.25, 0.3) is 0 Å². The molecule has 2 N–H and O–H groups in total. The molecule has 4 nitrogen and oxygen atoms in total. The normalized spacial score (nSPS) is 11.7. The van der Waals surface area contributed by atoms with E-state index in [9.17, 15) is 5.11 Å². The van der Waals surface area contributed by atoms with Gasteiger partial charge in [0.25, 0.3) is 0 Å². The third-order valence-electron chi connectivity index (χ3n) is 3.31. The molecule has 1 atom stereocenters. The maximum Gasteiger partial charge on any atom is 0.119 e. The first kappa shape index (κ1) is 15.0. The zero-order valence-electron chi connectivity index (χ0n) is 11.9. The summed E-state index contributed by atoms with van der Waals surface area (Å²) in [7, 11) is 1.62. The predicted molar refractivity (Wildman–Crippen MR) is 80.8 cm³/mol. The Kier molecular flexibility index (Phi) is 5.33. The lowest BCUT2D eigenvalue weighted by Gasteiger charge is -2.17. The van der Waals surface area contributed by atoms with Gasteiger partial charge in [-0.15, -0.1) is 0 Å². The van der Waals surface area contributed by atoms with Gasteiger partial charge in [0.2, 0.25) is 0 Å². The predicted octanol–water partition coefficient (Wildman–Crippen LogP) is 2.39. The summed E-state index contributed by atoms with van der Waals surface area (Å²) < 4.78 is 5.20. The van der Waals surface area contributed by atoms with Crippen molar-refractivity contribution in [1.29, 1.82) is 5.26 Å². The molecule has 0 aliphatic carbocycles. The molecule has 0 aliphatic heterocycles. The Balaban J connectivity index is 2.03. The van der Waals surface area contributed by atoms with E-state index in [0.29, 0.717) is 12.1 Å². The highest BCUT2D eigenvalue weighted by Gasteiger charge is 2.10. The van der Waals surface area contributed by atoms with Crippen molar-refractivity contribution in [3.8, 4) is 11.8 Å². The topological polar surface area (TPSA) is 65.3 Å². The summed E-state index contributed by atoms with van der Waals surface area (Å²) in [6, 6.07) is 17.0. The minimum Gasteiger partial charge on any atom is -0.497 e. The second-order valence-electron chi connectivity index (χ2n) is 4.70. The molecule has 0 bridgehead atoms. The monoisotopic (exact) mass is 282 g/mol. The number of benzene rings is 2. The van der Waals surface area contributed by atoms with Crippen LogP contribution >= 0.6 is 0 Å². The summed E-state index contributed by atoms with van der Waals surface area (Å²) in [5, 5.41) is 21.6. The summed E-state index contributed by atoms with van der Waals surface area (Å²) in [6.45, 7) is 0.623. The fourth-order valence-corrected chi connectivity index (χ4v) is 2.08. The largest absolute Gasteiger partial charge is 0.497 e. The van der Waals surface area contributed by atoms with Crippen LogP contribution in [-0.2, 0) is 6.54 Å². The van der Waals surface area contributed by atoms with Gasteiger partial charge >= 0.3 is 0 Å². The van der Waals surface area contributed by atoms with Crippen molar-refractivity contribution in [2.24, 2.45) is 0 Å². The zero-order chi connectivity index (χ0) is 15.1. The summed E-state index contributed by atoms with van der Waals surface area (Å²) >= 11 is 0. The molecule has 0 spiro atoms. The molecule has 0 heterocycles. The van der Waals surface area contributed by atoms with Crippen LogP contribution in [0.3, 0.4) is 0 Å². The minimum atomic E-state index is -0.157. The van der Waals surface area contributed by atoms with Crippen LogP contribution in [0.2, 0.25) is 0 Å². The number of rotatable bonds is 6. The van der Waals surface area contributed by atoms with Gasteiger partial charge in [-0.2, -0.15) is 5.26 Å². The molecular weight excluding hydrogens is 264 g/mol. The molecule has 21 heavy (non-hydrogen) atoms. The van der Waals surface area contributed by atoms with Crippen LogP contribution in [0.5, 0.6) is 5.75 Å². The number of methoxy groups -OCH3 is 1. The van der Waals surface area contributed by atoms with Gasteiger partial charge in [-0.3, -0.25) is 0 Å². The number of nitrogens with zero attached hydrogens (tertiary/aromatic N) is 1. The number of nitriles is 1. The van der Waals surface area contributed by atoms with E-state index in [1.165, 1.54) is 0 Å². The quantitative estimate of drug-likeness (QED) is 0.854. The number of aliphatic hydroxyl groups excluding tert-OH is 1. The number of nitrogens with one attached hydrogen (secondary N) is 1. The van der Waals surface area contributed by atoms with Gasteiger partial charge in [0.05, 0.1) is 31.4 Å². The van der Waals surface area contributed by atoms with E-state index >= 15 is 0 Å². The van der Waals surface area contributed by atoms with Crippen LogP contribution in [0.4, 0.5) is 0 Å². The molecule has 1 unspecified atom stereocenters. The molecule has 4 heteroatoms. The van der Waals surface area contributed by atoms with Gasteiger partial charge in [-0.1, -0.05) is 24.3 Å². The van der Waals surface area contributed by atoms with Gasteiger partial charge in [-0.05, 0) is 35.4 Å². The summed E-state index contributed by atoms with van der Waals surface area (Å²) in [6.07, 6.45) is 0. The molecule has 2 aromatic rings. The molecular formula is C17H18N2O2. The van der Waals surface area contributed by atoms with E-state index in [1.54, 1.807) is 19.2 Å². The van der Waals surface area contributed by atoms with Crippen molar-refractivity contribution >= 4 is 0 Å². The Bertz CT molecular complexity index is 617. The summed E-state index contributed by atoms with van der Waals surface area (Å²) in [5.74, 6) is 0.770. The highest BCUT2D eigenvalue weighted by atomic mass is 16.5. The average Bonchev–Trinajstić information content (AvgIpc) is 2.56. The smallest absolute Gasteiger partial charge is 0.119 e. The SMILES string of the molecule is COc1cccc(C(CO)NCc2ccc(C#N)cc2)c1. The van der Waals surface area contributed by atoms with Gasteiger partial charge in [-0.25, -0.2) is 0 Å². The van der Waals surface area contributed by atoms with E-state index in [-0.39, 0.29) is 12.6 Å². The average molecular weight is 282 g/mol. The summed E-state index contributed by atoms with van der Waals surface area (Å²) in [5.41, 5.74) is 2.69. The Morgan fingerprint density at radius 3 is 2.62 bits per heavy atom. The fourth-order valence-electron chi connectivity index (χ4n) is 2.08. The second-order valence-corrected chi connectivity index (χ2v) is 4.70. The highest BCUT2D eigenvalue weighted by molar-refractivity contribution is 5.32. The second kappa shape index (κ2) is 7.44. The molecule has 0 saturated carbocycles. The third-order valence-corrected chi connectivity index (χ3v) is 3.31. The number of hydrogen-bond donors (Lipinski definition) is 2. The van der Waals surface area contributed by atoms with Crippen molar-refractivity contribution in [2.75, 3.05) is 13.7 Å². The van der Waals surface area contributed by atoms with Crippen molar-refractivity contribution in [3.05, 3.63) is 65.2 Å². The molecule has 0 saturated heterocycles. The molecule has 0 amide bonds. The first-order valence-electron chi connectivity index (χ1n) is 6.74. The summed E-state index contributed by atoms with van der Waals surface area (Å²) in [4.78, 5) is 0. The lowest BCUT2D eigenvalue weighted by Crippen LogP contribution is -2.24. The molecule has 0 aliphatic rings. The lowest BCUT2D eigenvalue weighted by molar-refractivity contribution is 0.243. The molecule has 108 valence electrons. The van der Waals surface area contributed by atoms with Crippen LogP contribution in [0, 0.1) is 11.3 Å². The number of aliphatic hydroxyl groups is 1. The Morgan fingerprint density at radius 2 is 2.00 bits per heavy atom. The minimum absolute atomic E-state index is 0.00342. The molecule has 0 radical (unpaired) electrons. The van der Waals surface area contributed by atoms with Gasteiger partial charge in [0.15, 0.2) is 0 Å². The van der Waals surface area contributed by atoms with E-state index < -0.39 is 0 Å². The standard InChI is InChI=1S/C17H18N2O2/c1-21-16-4-2-3-15(9-16)17(12-20)19-11-14-7-5-13(10-18)6-8-14/h2-9,17,19-20H,11-12H2,1H3. The van der Waals surface area contributed by atoms with Crippen molar-refractivity contribution in [3.63, 3.8) is 0 Å². The van der Waals surface area contributed by atoms with Crippen molar-refractivity contribution in [2.45, 2.75) is 12.6 Å². The van der Waals surface area contributed by atoms with E-state index in [0.717, 1.165) is 16.9 Å². The molecule has 2 aromatic carbocycles. The van der Waals surface area contributed by atoms with Crippen molar-refractivity contribution < 1.29 is 9.84 Å². The van der Waals surface area contributed by atoms with E-state index in [4.69, 9.17) is 10.00 Å². The van der Waals surface area contributed by atoms with Crippen LogP contribution < -0.4 is 10.1 Å². The Morgan fingerprint density at radius 1 is 1.24 bits per heavy atom. The third kappa shape index (κ3) is 4.06. The number of hydrogen-bond acceptors (Lipinski definition) is 4. The van der Waals surface area contributed by atoms with E-state index in [1.807, 2.05) is 36.4 Å². The number of ether oxygens (including phenoxy) is 1. The van der Waals surface area contributed by atoms with Gasteiger partial charge in [0.1, 0.15) is 5.75 Å². The van der Waals surface area contributed by atoms with Gasteiger partial charge in [0, 0.05) is 6.54 Å². The molecule has 0 aromatic heterocycles. The van der Waals surface area contributed by atoms with Gasteiger partial charge < -0.3 is 15.2 Å². The zero-order valence-corrected chi connectivity index (χ0v) is 11.9. The fraction of sp³-hybridized carbons (Fsp3) is 0.235. The van der Waals surface area contributed by atoms with Crippen LogP contribution in [0.1, 0.15) is 22.7 Å². The Labute approximate surface area is 124 Å². The van der Waals surface area contributed by atoms with Crippen LogP contribution in [-0.4, -0.2) is 18.8 Å². The molecule has 0 fully saturated rings. The van der Waals surface area contributed by atoms with E-state index in [2.05, 4.69) is 11.4 Å². The lowest BCUT2D eigenvalue weighted by atomic mass is 10.1. The van der Waals surface area contributed by atoms with Crippen LogP contribution in [0.15, 0.2) is 48.5 Å².